The van der Waals surface area contributed by atoms with Crippen LogP contribution in [0.1, 0.15) is 37.8 Å². The van der Waals surface area contributed by atoms with E-state index in [1.54, 1.807) is 0 Å². The molecule has 0 atom stereocenters. The van der Waals surface area contributed by atoms with Gasteiger partial charge in [-0.2, -0.15) is 0 Å². The molecule has 0 amide bonds. The van der Waals surface area contributed by atoms with Crippen LogP contribution in [0.2, 0.25) is 0 Å². The van der Waals surface area contributed by atoms with Crippen LogP contribution in [0.5, 0.6) is 11.5 Å². The highest BCUT2D eigenvalue weighted by atomic mass is 16.6. The van der Waals surface area contributed by atoms with Crippen LogP contribution in [0.15, 0.2) is 12.1 Å². The molecule has 1 aromatic rings. The fourth-order valence-corrected chi connectivity index (χ4v) is 1.76. The second-order valence-electron chi connectivity index (χ2n) is 4.34. The maximum Gasteiger partial charge on any atom is 0.308 e. The zero-order valence-corrected chi connectivity index (χ0v) is 11.8. The van der Waals surface area contributed by atoms with Crippen LogP contribution >= 0.6 is 0 Å². The largest absolute Gasteiger partial charge is 0.490 e. The number of carbonyl (C=O) groups is 1. The van der Waals surface area contributed by atoms with Gasteiger partial charge < -0.3 is 9.47 Å². The van der Waals surface area contributed by atoms with Crippen LogP contribution in [-0.4, -0.2) is 12.6 Å². The van der Waals surface area contributed by atoms with Crippen molar-refractivity contribution in [3.05, 3.63) is 23.3 Å². The molecule has 0 saturated carbocycles. The van der Waals surface area contributed by atoms with Crippen LogP contribution in [-0.2, 0) is 11.2 Å². The number of rotatable bonds is 6. The number of unbranched alkanes of at least 4 members (excludes halogenated alkanes) is 1. The average molecular weight is 260 g/mol. The summed E-state index contributed by atoms with van der Waals surface area (Å²) in [6.45, 7) is 5.88. The maximum absolute atomic E-state index is 11.1. The van der Waals surface area contributed by atoms with Crippen molar-refractivity contribution in [1.82, 2.24) is 0 Å². The molecule has 0 radical (unpaired) electrons. The highest BCUT2D eigenvalue weighted by molar-refractivity contribution is 5.71. The number of carbonyl (C=O) groups excluding carboxylic acids is 1. The van der Waals surface area contributed by atoms with E-state index in [1.807, 2.05) is 19.1 Å². The third-order valence-electron chi connectivity index (χ3n) is 2.68. The van der Waals surface area contributed by atoms with Crippen molar-refractivity contribution >= 4 is 5.97 Å². The Kier molecular flexibility index (Phi) is 5.95. The van der Waals surface area contributed by atoms with Crippen LogP contribution < -0.4 is 9.47 Å². The maximum atomic E-state index is 11.1. The van der Waals surface area contributed by atoms with Gasteiger partial charge in [0.2, 0.25) is 0 Å². The monoisotopic (exact) mass is 260 g/mol. The standard InChI is InChI=1S/C16H20O3/c1-5-7-8-9-18-15-11-14(6-2)10-12(3)16(15)19-13(4)17/h1,10-11H,6-9H2,2-4H3. The van der Waals surface area contributed by atoms with Gasteiger partial charge >= 0.3 is 5.97 Å². The quantitative estimate of drug-likeness (QED) is 0.341. The Labute approximate surface area is 114 Å². The van der Waals surface area contributed by atoms with Crippen molar-refractivity contribution in [1.29, 1.82) is 0 Å². The van der Waals surface area contributed by atoms with E-state index in [0.717, 1.165) is 24.0 Å². The smallest absolute Gasteiger partial charge is 0.308 e. The second kappa shape index (κ2) is 7.48. The predicted molar refractivity (Wildman–Crippen MR) is 75.4 cm³/mol. The summed E-state index contributed by atoms with van der Waals surface area (Å²) in [5, 5.41) is 0. The molecule has 102 valence electrons. The lowest BCUT2D eigenvalue weighted by atomic mass is 10.1. The van der Waals surface area contributed by atoms with Gasteiger partial charge in [0.15, 0.2) is 11.5 Å². The Bertz CT molecular complexity index is 484. The van der Waals surface area contributed by atoms with Gasteiger partial charge in [-0.05, 0) is 37.0 Å². The van der Waals surface area contributed by atoms with Gasteiger partial charge in [0, 0.05) is 13.3 Å². The zero-order valence-electron chi connectivity index (χ0n) is 11.8. The number of benzene rings is 1. The van der Waals surface area contributed by atoms with E-state index in [-0.39, 0.29) is 5.97 Å². The van der Waals surface area contributed by atoms with Gasteiger partial charge in [-0.3, -0.25) is 4.79 Å². The van der Waals surface area contributed by atoms with Crippen molar-refractivity contribution in [2.24, 2.45) is 0 Å². The summed E-state index contributed by atoms with van der Waals surface area (Å²) >= 11 is 0. The van der Waals surface area contributed by atoms with Gasteiger partial charge in [-0.1, -0.05) is 13.0 Å². The molecule has 0 aliphatic rings. The highest BCUT2D eigenvalue weighted by Crippen LogP contribution is 2.33. The van der Waals surface area contributed by atoms with E-state index in [0.29, 0.717) is 24.5 Å². The fraction of sp³-hybridized carbons (Fsp3) is 0.438. The molecule has 0 spiro atoms. The molecule has 0 bridgehead atoms. The van der Waals surface area contributed by atoms with Crippen molar-refractivity contribution in [2.75, 3.05) is 6.61 Å². The Morgan fingerprint density at radius 2 is 2.16 bits per heavy atom. The summed E-state index contributed by atoms with van der Waals surface area (Å²) in [4.78, 5) is 11.1. The number of terminal acetylenes is 1. The molecule has 0 saturated heterocycles. The van der Waals surface area contributed by atoms with Crippen molar-refractivity contribution < 1.29 is 14.3 Å². The molecular formula is C16H20O3. The van der Waals surface area contributed by atoms with E-state index in [2.05, 4.69) is 12.8 Å². The van der Waals surface area contributed by atoms with E-state index in [9.17, 15) is 4.79 Å². The fourth-order valence-electron chi connectivity index (χ4n) is 1.76. The van der Waals surface area contributed by atoms with E-state index in [1.165, 1.54) is 6.92 Å². The number of esters is 1. The second-order valence-corrected chi connectivity index (χ2v) is 4.34. The van der Waals surface area contributed by atoms with Gasteiger partial charge in [0.05, 0.1) is 6.61 Å². The summed E-state index contributed by atoms with van der Waals surface area (Å²) in [5.41, 5.74) is 2.06. The molecule has 0 unspecified atom stereocenters. The molecule has 0 aliphatic carbocycles. The molecule has 1 rings (SSSR count). The van der Waals surface area contributed by atoms with Gasteiger partial charge in [0.1, 0.15) is 0 Å². The van der Waals surface area contributed by atoms with Gasteiger partial charge in [-0.25, -0.2) is 0 Å². The third-order valence-corrected chi connectivity index (χ3v) is 2.68. The molecule has 0 fully saturated rings. The highest BCUT2D eigenvalue weighted by Gasteiger charge is 2.12. The summed E-state index contributed by atoms with van der Waals surface area (Å²) in [6.07, 6.45) is 7.56. The topological polar surface area (TPSA) is 35.5 Å². The number of hydrogen-bond donors (Lipinski definition) is 0. The molecule has 0 N–H and O–H groups in total. The molecule has 0 aromatic heterocycles. The van der Waals surface area contributed by atoms with Gasteiger partial charge in [0.25, 0.3) is 0 Å². The van der Waals surface area contributed by atoms with Crippen LogP contribution in [0.25, 0.3) is 0 Å². The van der Waals surface area contributed by atoms with E-state index >= 15 is 0 Å². The summed E-state index contributed by atoms with van der Waals surface area (Å²) in [6, 6.07) is 3.92. The minimum atomic E-state index is -0.346. The molecule has 1 aromatic carbocycles. The molecule has 3 heteroatoms. The lowest BCUT2D eigenvalue weighted by Gasteiger charge is -2.14. The Morgan fingerprint density at radius 1 is 1.42 bits per heavy atom. The van der Waals surface area contributed by atoms with Gasteiger partial charge in [-0.15, -0.1) is 12.3 Å². The summed E-state index contributed by atoms with van der Waals surface area (Å²) < 4.78 is 10.9. The van der Waals surface area contributed by atoms with Crippen LogP contribution in [0, 0.1) is 19.3 Å². The first-order valence-corrected chi connectivity index (χ1v) is 6.46. The number of ether oxygens (including phenoxy) is 2. The lowest BCUT2D eigenvalue weighted by Crippen LogP contribution is -2.07. The summed E-state index contributed by atoms with van der Waals surface area (Å²) in [7, 11) is 0. The molecule has 19 heavy (non-hydrogen) atoms. The third kappa shape index (κ3) is 4.67. The molecule has 3 nitrogen and oxygen atoms in total. The first kappa shape index (κ1) is 15.1. The molecule has 0 aliphatic heterocycles. The Hall–Kier alpha value is -1.95. The lowest BCUT2D eigenvalue weighted by molar-refractivity contribution is -0.132. The Morgan fingerprint density at radius 3 is 2.74 bits per heavy atom. The molecule has 0 heterocycles. The summed E-state index contributed by atoms with van der Waals surface area (Å²) in [5.74, 6) is 3.34. The number of hydrogen-bond acceptors (Lipinski definition) is 3. The Balaban J connectivity index is 2.93. The zero-order chi connectivity index (χ0) is 14.3. The molecular weight excluding hydrogens is 240 g/mol. The minimum absolute atomic E-state index is 0.346. The SMILES string of the molecule is C#CCCCOc1cc(CC)cc(C)c1OC(C)=O. The van der Waals surface area contributed by atoms with Crippen LogP contribution in [0.3, 0.4) is 0 Å². The van der Waals surface area contributed by atoms with Crippen molar-refractivity contribution in [2.45, 2.75) is 40.0 Å². The minimum Gasteiger partial charge on any atom is -0.490 e. The van der Waals surface area contributed by atoms with Crippen molar-refractivity contribution in [3.8, 4) is 23.8 Å². The van der Waals surface area contributed by atoms with Crippen LogP contribution in [0.4, 0.5) is 0 Å². The van der Waals surface area contributed by atoms with E-state index in [4.69, 9.17) is 15.9 Å². The number of aryl methyl sites for hydroxylation is 2. The first-order chi connectivity index (χ1) is 9.08. The predicted octanol–water partition coefficient (Wildman–Crippen LogP) is 3.27. The average Bonchev–Trinajstić information content (AvgIpc) is 2.37. The van der Waals surface area contributed by atoms with Crippen molar-refractivity contribution in [3.63, 3.8) is 0 Å². The first-order valence-electron chi connectivity index (χ1n) is 6.46. The van der Waals surface area contributed by atoms with E-state index < -0.39 is 0 Å². The normalized spacial score (nSPS) is 9.79.